The summed E-state index contributed by atoms with van der Waals surface area (Å²) in [6, 6.07) is 0. The average Bonchev–Trinajstić information content (AvgIpc) is 2.73. The van der Waals surface area contributed by atoms with Crippen LogP contribution >= 0.6 is 23.1 Å². The van der Waals surface area contributed by atoms with Crippen molar-refractivity contribution in [3.63, 3.8) is 0 Å². The fraction of sp³-hybridized carbons (Fsp3) is 0.778. The summed E-state index contributed by atoms with van der Waals surface area (Å²) in [6.45, 7) is -0.905. The van der Waals surface area contributed by atoms with E-state index in [1.54, 1.807) is 0 Å². The largest absolute Gasteiger partial charge is 0.405 e. The number of rotatable bonds is 8. The van der Waals surface area contributed by atoms with Crippen LogP contribution in [0, 0.1) is 0 Å². The number of unbranched alkanes of at least 4 members (excludes halogenated alkanes) is 2. The maximum atomic E-state index is 11.9. The first-order valence-corrected chi connectivity index (χ1v) is 7.19. The highest BCUT2D eigenvalue weighted by Crippen LogP contribution is 2.27. The molecule has 9 heteroatoms. The number of aliphatic hydroxyl groups excluding tert-OH is 1. The molecule has 0 spiro atoms. The van der Waals surface area contributed by atoms with Crippen molar-refractivity contribution in [1.29, 1.82) is 0 Å². The number of hydrogen-bond acceptors (Lipinski definition) is 6. The molecule has 0 aliphatic carbocycles. The molecule has 104 valence electrons. The van der Waals surface area contributed by atoms with Gasteiger partial charge in [0.2, 0.25) is 5.13 Å². The van der Waals surface area contributed by atoms with E-state index in [1.807, 2.05) is 0 Å². The second-order valence-electron chi connectivity index (χ2n) is 3.47. The molecule has 0 aliphatic heterocycles. The van der Waals surface area contributed by atoms with Gasteiger partial charge in [-0.2, -0.15) is 13.2 Å². The van der Waals surface area contributed by atoms with Gasteiger partial charge in [0.25, 0.3) is 0 Å². The van der Waals surface area contributed by atoms with Crippen molar-refractivity contribution in [2.24, 2.45) is 0 Å². The molecule has 0 fully saturated rings. The molecule has 1 rings (SSSR count). The van der Waals surface area contributed by atoms with Crippen molar-refractivity contribution < 1.29 is 18.3 Å². The van der Waals surface area contributed by atoms with Crippen LogP contribution in [0.1, 0.15) is 19.3 Å². The van der Waals surface area contributed by atoms with Crippen LogP contribution in [0.2, 0.25) is 0 Å². The highest BCUT2D eigenvalue weighted by molar-refractivity contribution is 8.01. The molecular formula is C9H14F3N3OS2. The Balaban J connectivity index is 2.22. The van der Waals surface area contributed by atoms with Crippen LogP contribution in [0.15, 0.2) is 4.34 Å². The third-order valence-corrected chi connectivity index (χ3v) is 3.98. The summed E-state index contributed by atoms with van der Waals surface area (Å²) in [5.41, 5.74) is 0. The second-order valence-corrected chi connectivity index (χ2v) is 5.79. The number of aliphatic hydroxyl groups is 1. The fourth-order valence-corrected chi connectivity index (χ4v) is 2.88. The Morgan fingerprint density at radius 3 is 2.67 bits per heavy atom. The zero-order valence-corrected chi connectivity index (χ0v) is 11.2. The number of nitrogens with zero attached hydrogens (tertiary/aromatic N) is 2. The van der Waals surface area contributed by atoms with Crippen LogP contribution in [-0.4, -0.2) is 40.4 Å². The Kier molecular flexibility index (Phi) is 6.72. The lowest BCUT2D eigenvalue weighted by molar-refractivity contribution is -0.115. The first-order valence-electron chi connectivity index (χ1n) is 5.39. The molecule has 0 aromatic carbocycles. The lowest BCUT2D eigenvalue weighted by atomic mass is 10.3. The molecule has 1 aromatic rings. The van der Waals surface area contributed by atoms with E-state index in [4.69, 9.17) is 5.11 Å². The third-order valence-electron chi connectivity index (χ3n) is 1.87. The number of thioether (sulfide) groups is 1. The SMILES string of the molecule is OCCCCCSc1nnc(NCC(F)(F)F)s1. The minimum absolute atomic E-state index is 0.185. The summed E-state index contributed by atoms with van der Waals surface area (Å²) < 4.78 is 36.5. The number of hydrogen-bond donors (Lipinski definition) is 2. The molecule has 0 saturated heterocycles. The summed E-state index contributed by atoms with van der Waals surface area (Å²) in [6.07, 6.45) is -1.60. The average molecular weight is 301 g/mol. The standard InChI is InChI=1S/C9H14F3N3OS2/c10-9(11,12)6-13-7-14-15-8(18-7)17-5-3-1-2-4-16/h16H,1-6H2,(H,13,14). The van der Waals surface area contributed by atoms with Crippen molar-refractivity contribution in [2.75, 3.05) is 24.2 Å². The molecule has 18 heavy (non-hydrogen) atoms. The van der Waals surface area contributed by atoms with Crippen LogP contribution in [0.5, 0.6) is 0 Å². The Morgan fingerprint density at radius 1 is 1.22 bits per heavy atom. The lowest BCUT2D eigenvalue weighted by Gasteiger charge is -2.05. The molecule has 1 heterocycles. The molecular weight excluding hydrogens is 287 g/mol. The van der Waals surface area contributed by atoms with Gasteiger partial charge < -0.3 is 10.4 Å². The number of halogens is 3. The predicted molar refractivity (Wildman–Crippen MR) is 66.1 cm³/mol. The second kappa shape index (κ2) is 7.80. The summed E-state index contributed by atoms with van der Waals surface area (Å²) in [5.74, 6) is 0.827. The number of alkyl halides is 3. The number of anilines is 1. The summed E-state index contributed by atoms with van der Waals surface area (Å²) in [5, 5.41) is 18.4. The lowest BCUT2D eigenvalue weighted by Crippen LogP contribution is -2.21. The molecule has 4 nitrogen and oxygen atoms in total. The predicted octanol–water partition coefficient (Wildman–Crippen LogP) is 2.77. The van der Waals surface area contributed by atoms with E-state index in [9.17, 15) is 13.2 Å². The Morgan fingerprint density at radius 2 is 2.00 bits per heavy atom. The van der Waals surface area contributed by atoms with Crippen LogP contribution in [0.25, 0.3) is 0 Å². The quantitative estimate of drug-likeness (QED) is 0.571. The van der Waals surface area contributed by atoms with Gasteiger partial charge in [-0.15, -0.1) is 10.2 Å². The molecule has 0 bridgehead atoms. The minimum Gasteiger partial charge on any atom is -0.396 e. The normalized spacial score (nSPS) is 11.8. The van der Waals surface area contributed by atoms with Gasteiger partial charge >= 0.3 is 6.18 Å². The van der Waals surface area contributed by atoms with E-state index in [0.29, 0.717) is 4.34 Å². The monoisotopic (exact) mass is 301 g/mol. The van der Waals surface area contributed by atoms with Gasteiger partial charge in [0.1, 0.15) is 6.54 Å². The van der Waals surface area contributed by atoms with Crippen LogP contribution in [0.3, 0.4) is 0 Å². The molecule has 0 radical (unpaired) electrons. The van der Waals surface area contributed by atoms with E-state index >= 15 is 0 Å². The van der Waals surface area contributed by atoms with Gasteiger partial charge in [-0.25, -0.2) is 0 Å². The molecule has 0 aliphatic rings. The highest BCUT2D eigenvalue weighted by Gasteiger charge is 2.27. The van der Waals surface area contributed by atoms with Crippen molar-refractivity contribution in [3.05, 3.63) is 0 Å². The van der Waals surface area contributed by atoms with Crippen molar-refractivity contribution in [2.45, 2.75) is 29.8 Å². The van der Waals surface area contributed by atoms with Gasteiger partial charge in [0.15, 0.2) is 4.34 Å². The molecule has 0 amide bonds. The first kappa shape index (κ1) is 15.5. The van der Waals surface area contributed by atoms with E-state index in [-0.39, 0.29) is 11.7 Å². The van der Waals surface area contributed by atoms with E-state index in [0.717, 1.165) is 36.4 Å². The Labute approximate surface area is 111 Å². The molecule has 0 atom stereocenters. The molecule has 0 unspecified atom stereocenters. The van der Waals surface area contributed by atoms with Gasteiger partial charge in [0.05, 0.1) is 0 Å². The number of aromatic nitrogens is 2. The first-order chi connectivity index (χ1) is 8.51. The Bertz CT molecular complexity index is 346. The zero-order chi connectivity index (χ0) is 13.4. The molecule has 2 N–H and O–H groups in total. The fourth-order valence-electron chi connectivity index (χ4n) is 1.07. The maximum absolute atomic E-state index is 11.9. The topological polar surface area (TPSA) is 58.0 Å². The van der Waals surface area contributed by atoms with Gasteiger partial charge in [0, 0.05) is 12.4 Å². The zero-order valence-electron chi connectivity index (χ0n) is 9.53. The molecule has 1 aromatic heterocycles. The van der Waals surface area contributed by atoms with Gasteiger partial charge in [-0.3, -0.25) is 0 Å². The van der Waals surface area contributed by atoms with E-state index in [1.165, 1.54) is 11.8 Å². The van der Waals surface area contributed by atoms with E-state index in [2.05, 4.69) is 15.5 Å². The molecule has 0 saturated carbocycles. The number of nitrogens with one attached hydrogen (secondary N) is 1. The van der Waals surface area contributed by atoms with Crippen molar-refractivity contribution in [1.82, 2.24) is 10.2 Å². The van der Waals surface area contributed by atoms with Crippen molar-refractivity contribution in [3.8, 4) is 0 Å². The smallest absolute Gasteiger partial charge is 0.396 e. The van der Waals surface area contributed by atoms with Gasteiger partial charge in [-0.1, -0.05) is 29.5 Å². The third kappa shape index (κ3) is 7.02. The summed E-state index contributed by atoms with van der Waals surface area (Å²) in [4.78, 5) is 0. The highest BCUT2D eigenvalue weighted by atomic mass is 32.2. The van der Waals surface area contributed by atoms with Crippen LogP contribution in [0.4, 0.5) is 18.3 Å². The maximum Gasteiger partial charge on any atom is 0.405 e. The van der Waals surface area contributed by atoms with Crippen molar-refractivity contribution >= 4 is 28.2 Å². The van der Waals surface area contributed by atoms with Crippen LogP contribution in [-0.2, 0) is 0 Å². The summed E-state index contributed by atoms with van der Waals surface area (Å²) in [7, 11) is 0. The summed E-state index contributed by atoms with van der Waals surface area (Å²) >= 11 is 2.58. The Hall–Kier alpha value is -0.540. The van der Waals surface area contributed by atoms with Gasteiger partial charge in [-0.05, 0) is 12.8 Å². The van der Waals surface area contributed by atoms with Crippen LogP contribution < -0.4 is 5.32 Å². The minimum atomic E-state index is -4.25. The van der Waals surface area contributed by atoms with E-state index < -0.39 is 12.7 Å².